The molecule has 2 N–H and O–H groups in total. The normalized spacial score (nSPS) is 17.5. The lowest BCUT2D eigenvalue weighted by atomic mass is 9.74. The number of carbonyl (C=O) groups is 1. The highest BCUT2D eigenvalue weighted by molar-refractivity contribution is 6.31. The smallest absolute Gasteiger partial charge is 0.224 e. The maximum absolute atomic E-state index is 13.6. The number of carbonyl (C=O) groups excluding carboxylic acids is 1. The first-order valence-electron chi connectivity index (χ1n) is 7.37. The zero-order valence-corrected chi connectivity index (χ0v) is 12.8. The molecule has 1 aliphatic carbocycles. The van der Waals surface area contributed by atoms with Crippen molar-refractivity contribution in [1.29, 1.82) is 0 Å². The van der Waals surface area contributed by atoms with Gasteiger partial charge in [-0.25, -0.2) is 4.39 Å². The lowest BCUT2D eigenvalue weighted by Gasteiger charge is -2.35. The summed E-state index contributed by atoms with van der Waals surface area (Å²) in [4.78, 5) is 12.0. The van der Waals surface area contributed by atoms with Gasteiger partial charge in [-0.3, -0.25) is 4.79 Å². The molecule has 0 aromatic heterocycles. The quantitative estimate of drug-likeness (QED) is 0.877. The molecule has 0 bridgehead atoms. The van der Waals surface area contributed by atoms with E-state index in [2.05, 4.69) is 5.32 Å². The zero-order chi connectivity index (χ0) is 15.3. The van der Waals surface area contributed by atoms with Gasteiger partial charge in [0.05, 0.1) is 13.0 Å². The maximum Gasteiger partial charge on any atom is 0.224 e. The van der Waals surface area contributed by atoms with Gasteiger partial charge in [0, 0.05) is 22.5 Å². The first kappa shape index (κ1) is 16.2. The van der Waals surface area contributed by atoms with E-state index in [0.29, 0.717) is 6.54 Å². The van der Waals surface area contributed by atoms with Crippen LogP contribution in [0.5, 0.6) is 0 Å². The van der Waals surface area contributed by atoms with E-state index in [-0.39, 0.29) is 34.9 Å². The SMILES string of the molecule is O=C(Cc1c(F)cccc1Cl)NCC1(CO)CCCCC1. The van der Waals surface area contributed by atoms with Gasteiger partial charge in [0.15, 0.2) is 0 Å². The van der Waals surface area contributed by atoms with E-state index in [0.717, 1.165) is 25.7 Å². The summed E-state index contributed by atoms with van der Waals surface area (Å²) in [6.07, 6.45) is 5.10. The minimum atomic E-state index is -0.466. The van der Waals surface area contributed by atoms with E-state index >= 15 is 0 Å². The van der Waals surface area contributed by atoms with Gasteiger partial charge in [-0.15, -0.1) is 0 Å². The zero-order valence-electron chi connectivity index (χ0n) is 12.0. The van der Waals surface area contributed by atoms with Crippen molar-refractivity contribution in [2.24, 2.45) is 5.41 Å². The van der Waals surface area contributed by atoms with Gasteiger partial charge in [-0.2, -0.15) is 0 Å². The minimum Gasteiger partial charge on any atom is -0.396 e. The van der Waals surface area contributed by atoms with Crippen LogP contribution in [0.1, 0.15) is 37.7 Å². The van der Waals surface area contributed by atoms with Gasteiger partial charge in [-0.1, -0.05) is 36.9 Å². The van der Waals surface area contributed by atoms with Gasteiger partial charge < -0.3 is 10.4 Å². The molecular formula is C16H21ClFNO2. The highest BCUT2D eigenvalue weighted by Gasteiger charge is 2.31. The number of aliphatic hydroxyl groups is 1. The predicted molar refractivity (Wildman–Crippen MR) is 80.7 cm³/mol. The van der Waals surface area contributed by atoms with Crippen molar-refractivity contribution >= 4 is 17.5 Å². The fourth-order valence-electron chi connectivity index (χ4n) is 2.90. The molecule has 1 saturated carbocycles. The van der Waals surface area contributed by atoms with Crippen LogP contribution in [0.4, 0.5) is 4.39 Å². The van der Waals surface area contributed by atoms with Crippen molar-refractivity contribution < 1.29 is 14.3 Å². The third-order valence-corrected chi connectivity index (χ3v) is 4.66. The Morgan fingerprint density at radius 3 is 2.67 bits per heavy atom. The number of hydrogen-bond donors (Lipinski definition) is 2. The lowest BCUT2D eigenvalue weighted by molar-refractivity contribution is -0.121. The molecule has 1 aromatic rings. The summed E-state index contributed by atoms with van der Waals surface area (Å²) in [5.74, 6) is -0.729. The number of halogens is 2. The average Bonchev–Trinajstić information content (AvgIpc) is 2.50. The topological polar surface area (TPSA) is 49.3 Å². The molecular weight excluding hydrogens is 293 g/mol. The molecule has 1 fully saturated rings. The summed E-state index contributed by atoms with van der Waals surface area (Å²) < 4.78 is 13.6. The Morgan fingerprint density at radius 2 is 2.05 bits per heavy atom. The van der Waals surface area contributed by atoms with Crippen LogP contribution in [0.3, 0.4) is 0 Å². The second-order valence-corrected chi connectivity index (χ2v) is 6.28. The number of hydrogen-bond acceptors (Lipinski definition) is 2. The van der Waals surface area contributed by atoms with Crippen molar-refractivity contribution in [3.05, 3.63) is 34.6 Å². The maximum atomic E-state index is 13.6. The highest BCUT2D eigenvalue weighted by atomic mass is 35.5. The molecule has 0 spiro atoms. The molecule has 116 valence electrons. The molecule has 0 unspecified atom stereocenters. The number of rotatable bonds is 5. The molecule has 0 saturated heterocycles. The third kappa shape index (κ3) is 4.17. The van der Waals surface area contributed by atoms with E-state index in [1.165, 1.54) is 18.6 Å². The largest absolute Gasteiger partial charge is 0.396 e. The summed E-state index contributed by atoms with van der Waals surface area (Å²) in [7, 11) is 0. The molecule has 5 heteroatoms. The second-order valence-electron chi connectivity index (χ2n) is 5.87. The van der Waals surface area contributed by atoms with E-state index in [1.807, 2.05) is 0 Å². The Balaban J connectivity index is 1.93. The molecule has 21 heavy (non-hydrogen) atoms. The Kier molecular flexibility index (Phi) is 5.59. The molecule has 0 radical (unpaired) electrons. The Labute approximate surface area is 129 Å². The summed E-state index contributed by atoms with van der Waals surface area (Å²) in [5.41, 5.74) is 0.00536. The highest BCUT2D eigenvalue weighted by Crippen LogP contribution is 2.35. The van der Waals surface area contributed by atoms with Crippen molar-refractivity contribution in [3.63, 3.8) is 0 Å². The summed E-state index contributed by atoms with van der Waals surface area (Å²) >= 11 is 5.92. The van der Waals surface area contributed by atoms with Gasteiger partial charge in [-0.05, 0) is 25.0 Å². The van der Waals surface area contributed by atoms with Crippen LogP contribution in [-0.2, 0) is 11.2 Å². The fourth-order valence-corrected chi connectivity index (χ4v) is 3.13. The number of aliphatic hydroxyl groups excluding tert-OH is 1. The van der Waals surface area contributed by atoms with Crippen molar-refractivity contribution in [1.82, 2.24) is 5.32 Å². The van der Waals surface area contributed by atoms with Gasteiger partial charge in [0.25, 0.3) is 0 Å². The minimum absolute atomic E-state index is 0.0764. The summed E-state index contributed by atoms with van der Waals surface area (Å²) in [6, 6.07) is 4.39. The molecule has 3 nitrogen and oxygen atoms in total. The van der Waals surface area contributed by atoms with Crippen LogP contribution in [0.2, 0.25) is 5.02 Å². The fraction of sp³-hybridized carbons (Fsp3) is 0.562. The third-order valence-electron chi connectivity index (χ3n) is 4.31. The molecule has 1 aromatic carbocycles. The standard InChI is InChI=1S/C16H21ClFNO2/c17-13-5-4-6-14(18)12(13)9-15(21)19-10-16(11-20)7-2-1-3-8-16/h4-6,20H,1-3,7-11H2,(H,19,21). The van der Waals surface area contributed by atoms with Crippen LogP contribution in [0.15, 0.2) is 18.2 Å². The van der Waals surface area contributed by atoms with E-state index < -0.39 is 5.82 Å². The Morgan fingerprint density at radius 1 is 1.33 bits per heavy atom. The van der Waals surface area contributed by atoms with Gasteiger partial charge >= 0.3 is 0 Å². The molecule has 0 heterocycles. The molecule has 1 aliphatic rings. The molecule has 2 rings (SSSR count). The van der Waals surface area contributed by atoms with E-state index in [4.69, 9.17) is 11.6 Å². The molecule has 0 aliphatic heterocycles. The van der Waals surface area contributed by atoms with Crippen LogP contribution < -0.4 is 5.32 Å². The number of benzene rings is 1. The Hall–Kier alpha value is -1.13. The molecule has 0 atom stereocenters. The summed E-state index contributed by atoms with van der Waals surface area (Å²) in [5, 5.41) is 12.7. The van der Waals surface area contributed by atoms with E-state index in [9.17, 15) is 14.3 Å². The van der Waals surface area contributed by atoms with Crippen molar-refractivity contribution in [2.75, 3.05) is 13.2 Å². The first-order valence-corrected chi connectivity index (χ1v) is 7.75. The van der Waals surface area contributed by atoms with Crippen LogP contribution in [0, 0.1) is 11.2 Å². The molecule has 1 amide bonds. The Bertz CT molecular complexity index is 481. The summed E-state index contributed by atoms with van der Waals surface area (Å²) in [6.45, 7) is 0.516. The second kappa shape index (κ2) is 7.23. The number of nitrogens with one attached hydrogen (secondary N) is 1. The van der Waals surface area contributed by atoms with Gasteiger partial charge in [0.1, 0.15) is 5.82 Å². The average molecular weight is 314 g/mol. The monoisotopic (exact) mass is 313 g/mol. The van der Waals surface area contributed by atoms with Crippen LogP contribution >= 0.6 is 11.6 Å². The van der Waals surface area contributed by atoms with E-state index in [1.54, 1.807) is 6.07 Å². The van der Waals surface area contributed by atoms with Crippen LogP contribution in [-0.4, -0.2) is 24.2 Å². The first-order chi connectivity index (χ1) is 10.1. The van der Waals surface area contributed by atoms with Gasteiger partial charge in [0.2, 0.25) is 5.91 Å². The number of amides is 1. The van der Waals surface area contributed by atoms with Crippen LogP contribution in [0.25, 0.3) is 0 Å². The predicted octanol–water partition coefficient (Wildman–Crippen LogP) is 3.08. The van der Waals surface area contributed by atoms with Crippen molar-refractivity contribution in [2.45, 2.75) is 38.5 Å². The van der Waals surface area contributed by atoms with Crippen molar-refractivity contribution in [3.8, 4) is 0 Å². The lowest BCUT2D eigenvalue weighted by Crippen LogP contribution is -2.42.